The summed E-state index contributed by atoms with van der Waals surface area (Å²) in [5, 5.41) is 11.7. The summed E-state index contributed by atoms with van der Waals surface area (Å²) in [5.74, 6) is 0.975. The molecule has 1 aromatic heterocycles. The predicted molar refractivity (Wildman–Crippen MR) is 88.3 cm³/mol. The number of hydrogen-bond acceptors (Lipinski definition) is 5. The first kappa shape index (κ1) is 15.1. The average molecular weight is 316 g/mol. The van der Waals surface area contributed by atoms with Crippen LogP contribution in [0.25, 0.3) is 11.0 Å². The van der Waals surface area contributed by atoms with Gasteiger partial charge in [-0.25, -0.2) is 0 Å². The Hall–Kier alpha value is -1.40. The van der Waals surface area contributed by atoms with Crippen molar-refractivity contribution in [3.05, 3.63) is 36.1 Å². The van der Waals surface area contributed by atoms with Crippen LogP contribution in [0.5, 0.6) is 0 Å². The van der Waals surface area contributed by atoms with Gasteiger partial charge in [-0.15, -0.1) is 0 Å². The number of hydrogen-bond donors (Lipinski definition) is 1. The molecule has 1 N–H and O–H groups in total. The van der Waals surface area contributed by atoms with Gasteiger partial charge in [0.1, 0.15) is 11.3 Å². The Kier molecular flexibility index (Phi) is 4.35. The van der Waals surface area contributed by atoms with Crippen molar-refractivity contribution in [2.24, 2.45) is 0 Å². The molecule has 2 aliphatic rings. The highest BCUT2D eigenvalue weighted by Crippen LogP contribution is 2.23. The molecule has 0 bridgehead atoms. The van der Waals surface area contributed by atoms with Crippen LogP contribution in [0.1, 0.15) is 12.2 Å². The molecule has 124 valence electrons. The van der Waals surface area contributed by atoms with Crippen LogP contribution in [0, 0.1) is 0 Å². The molecule has 4 rings (SSSR count). The second-order valence-electron chi connectivity index (χ2n) is 6.56. The molecule has 0 aliphatic carbocycles. The Balaban J connectivity index is 1.38. The van der Waals surface area contributed by atoms with Crippen molar-refractivity contribution in [2.75, 3.05) is 39.4 Å². The highest BCUT2D eigenvalue weighted by Gasteiger charge is 2.33. The number of rotatable bonds is 3. The molecular weight excluding hydrogens is 292 g/mol. The highest BCUT2D eigenvalue weighted by molar-refractivity contribution is 5.77. The maximum atomic E-state index is 10.6. The lowest BCUT2D eigenvalue weighted by Crippen LogP contribution is -2.56. The Morgan fingerprint density at radius 3 is 2.74 bits per heavy atom. The molecule has 0 radical (unpaired) electrons. The number of morpholine rings is 1. The molecule has 0 saturated carbocycles. The van der Waals surface area contributed by atoms with Crippen LogP contribution in [-0.2, 0) is 11.3 Å². The van der Waals surface area contributed by atoms with Crippen LogP contribution < -0.4 is 0 Å². The summed E-state index contributed by atoms with van der Waals surface area (Å²) in [6.45, 7) is 5.91. The summed E-state index contributed by atoms with van der Waals surface area (Å²) in [5.41, 5.74) is 0.936. The Morgan fingerprint density at radius 1 is 1.13 bits per heavy atom. The van der Waals surface area contributed by atoms with E-state index in [9.17, 15) is 5.11 Å². The Morgan fingerprint density at radius 2 is 1.96 bits per heavy atom. The number of β-amino-alcohol motifs (C(OH)–C–C–N with tert-alkyl or cyclic N) is 1. The van der Waals surface area contributed by atoms with Crippen LogP contribution in [0.3, 0.4) is 0 Å². The van der Waals surface area contributed by atoms with Gasteiger partial charge in [0.25, 0.3) is 0 Å². The topological polar surface area (TPSA) is 49.1 Å². The lowest BCUT2D eigenvalue weighted by molar-refractivity contribution is -0.0541. The van der Waals surface area contributed by atoms with E-state index in [2.05, 4.69) is 21.9 Å². The fourth-order valence-corrected chi connectivity index (χ4v) is 3.80. The lowest BCUT2D eigenvalue weighted by Gasteiger charge is -2.42. The number of aliphatic hydroxyl groups is 1. The molecule has 0 amide bonds. The second kappa shape index (κ2) is 6.61. The summed E-state index contributed by atoms with van der Waals surface area (Å²) in [6, 6.07) is 10.5. The Bertz CT molecular complexity index is 618. The first-order valence-electron chi connectivity index (χ1n) is 8.49. The van der Waals surface area contributed by atoms with Gasteiger partial charge in [-0.2, -0.15) is 0 Å². The molecule has 2 saturated heterocycles. The molecule has 2 aromatic rings. The van der Waals surface area contributed by atoms with Crippen molar-refractivity contribution in [1.82, 2.24) is 9.80 Å². The maximum absolute atomic E-state index is 10.6. The predicted octanol–water partition coefficient (Wildman–Crippen LogP) is 1.70. The molecule has 3 heterocycles. The summed E-state index contributed by atoms with van der Waals surface area (Å²) in [4.78, 5) is 4.67. The van der Waals surface area contributed by atoms with E-state index in [1.54, 1.807) is 0 Å². The molecule has 23 heavy (non-hydrogen) atoms. The molecule has 0 unspecified atom stereocenters. The first-order valence-corrected chi connectivity index (χ1v) is 8.49. The minimum atomic E-state index is -0.300. The second-order valence-corrected chi connectivity index (χ2v) is 6.56. The number of para-hydroxylation sites is 1. The summed E-state index contributed by atoms with van der Waals surface area (Å²) < 4.78 is 11.3. The molecule has 0 spiro atoms. The smallest absolute Gasteiger partial charge is 0.134 e. The quantitative estimate of drug-likeness (QED) is 0.934. The number of likely N-dealkylation sites (tertiary alicyclic amines) is 1. The van der Waals surface area contributed by atoms with E-state index in [4.69, 9.17) is 9.15 Å². The van der Waals surface area contributed by atoms with Crippen molar-refractivity contribution >= 4 is 11.0 Å². The van der Waals surface area contributed by atoms with Crippen molar-refractivity contribution in [3.8, 4) is 0 Å². The van der Waals surface area contributed by atoms with E-state index in [1.807, 2.05) is 18.2 Å². The van der Waals surface area contributed by atoms with E-state index < -0.39 is 0 Å². The molecule has 5 heteroatoms. The number of furan rings is 1. The number of nitrogens with zero attached hydrogens (tertiary/aromatic N) is 2. The lowest BCUT2D eigenvalue weighted by atomic mass is 9.99. The summed E-state index contributed by atoms with van der Waals surface area (Å²) in [6.07, 6.45) is 0.702. The highest BCUT2D eigenvalue weighted by atomic mass is 16.5. The third-order valence-electron chi connectivity index (χ3n) is 5.00. The van der Waals surface area contributed by atoms with Gasteiger partial charge in [0, 0.05) is 37.6 Å². The zero-order valence-corrected chi connectivity index (χ0v) is 13.4. The van der Waals surface area contributed by atoms with Crippen molar-refractivity contribution in [3.63, 3.8) is 0 Å². The number of fused-ring (bicyclic) bond motifs is 1. The molecule has 5 nitrogen and oxygen atoms in total. The minimum Gasteiger partial charge on any atom is -0.460 e. The van der Waals surface area contributed by atoms with Crippen LogP contribution in [0.15, 0.2) is 34.7 Å². The van der Waals surface area contributed by atoms with Gasteiger partial charge in [-0.1, -0.05) is 18.2 Å². The standard InChI is InChI=1S/C18H24N2O3/c21-17-13-19(6-5-16(17)20-7-9-22-10-8-20)12-15-11-14-3-1-2-4-18(14)23-15/h1-4,11,16-17,21H,5-10,12-13H2/t16-,17-/m1/s1. The van der Waals surface area contributed by atoms with Crippen molar-refractivity contribution in [1.29, 1.82) is 0 Å². The van der Waals surface area contributed by atoms with Crippen LogP contribution in [0.4, 0.5) is 0 Å². The van der Waals surface area contributed by atoms with Gasteiger partial charge in [0.2, 0.25) is 0 Å². The van der Waals surface area contributed by atoms with E-state index in [0.717, 1.165) is 62.5 Å². The fraction of sp³-hybridized carbons (Fsp3) is 0.556. The summed E-state index contributed by atoms with van der Waals surface area (Å²) >= 11 is 0. The fourth-order valence-electron chi connectivity index (χ4n) is 3.80. The number of aliphatic hydroxyl groups excluding tert-OH is 1. The van der Waals surface area contributed by atoms with E-state index in [1.165, 1.54) is 0 Å². The SMILES string of the molecule is O[C@@H]1CN(Cc2cc3ccccc3o2)CC[C@H]1N1CCOCC1. The third kappa shape index (κ3) is 3.28. The van der Waals surface area contributed by atoms with E-state index >= 15 is 0 Å². The zero-order valence-electron chi connectivity index (χ0n) is 13.4. The number of benzene rings is 1. The number of piperidine rings is 1. The Labute approximate surface area is 136 Å². The normalized spacial score (nSPS) is 27.5. The van der Waals surface area contributed by atoms with Crippen molar-refractivity contribution < 1.29 is 14.3 Å². The first-order chi connectivity index (χ1) is 11.3. The van der Waals surface area contributed by atoms with E-state index in [0.29, 0.717) is 6.54 Å². The largest absolute Gasteiger partial charge is 0.460 e. The minimum absolute atomic E-state index is 0.269. The van der Waals surface area contributed by atoms with Crippen LogP contribution in [0.2, 0.25) is 0 Å². The summed E-state index contributed by atoms with van der Waals surface area (Å²) in [7, 11) is 0. The number of ether oxygens (including phenoxy) is 1. The third-order valence-corrected chi connectivity index (χ3v) is 5.00. The van der Waals surface area contributed by atoms with Crippen molar-refractivity contribution in [2.45, 2.75) is 25.1 Å². The zero-order chi connectivity index (χ0) is 15.6. The maximum Gasteiger partial charge on any atom is 0.134 e. The average Bonchev–Trinajstić information content (AvgIpc) is 2.98. The molecular formula is C18H24N2O3. The molecule has 2 atom stereocenters. The van der Waals surface area contributed by atoms with Gasteiger partial charge < -0.3 is 14.3 Å². The van der Waals surface area contributed by atoms with Gasteiger partial charge >= 0.3 is 0 Å². The van der Waals surface area contributed by atoms with Gasteiger partial charge in [0.05, 0.1) is 25.9 Å². The molecule has 2 aliphatic heterocycles. The molecule has 1 aromatic carbocycles. The van der Waals surface area contributed by atoms with Gasteiger partial charge in [0.15, 0.2) is 0 Å². The monoisotopic (exact) mass is 316 g/mol. The molecule has 2 fully saturated rings. The van der Waals surface area contributed by atoms with Gasteiger partial charge in [-0.3, -0.25) is 9.80 Å². The van der Waals surface area contributed by atoms with Crippen LogP contribution in [-0.4, -0.2) is 66.4 Å². The van der Waals surface area contributed by atoms with Crippen LogP contribution >= 0.6 is 0 Å². The van der Waals surface area contributed by atoms with Gasteiger partial charge in [-0.05, 0) is 18.6 Å². The van der Waals surface area contributed by atoms with E-state index in [-0.39, 0.29) is 12.1 Å².